The molecule has 0 amide bonds. The number of nitrogens with zero attached hydrogens (tertiary/aromatic N) is 2. The van der Waals surface area contributed by atoms with Crippen LogP contribution in [0.5, 0.6) is 0 Å². The zero-order valence-electron chi connectivity index (χ0n) is 13.6. The molecular weight excluding hydrogens is 292 g/mol. The van der Waals surface area contributed by atoms with Crippen molar-refractivity contribution in [2.45, 2.75) is 25.8 Å². The minimum Gasteiger partial charge on any atom is -0.462 e. The summed E-state index contributed by atoms with van der Waals surface area (Å²) in [5.41, 5.74) is 2.31. The van der Waals surface area contributed by atoms with Gasteiger partial charge in [-0.2, -0.15) is 0 Å². The van der Waals surface area contributed by atoms with Crippen LogP contribution in [0.3, 0.4) is 0 Å². The molecule has 5 nitrogen and oxygen atoms in total. The lowest BCUT2D eigenvalue weighted by molar-refractivity contribution is 0.0526. The van der Waals surface area contributed by atoms with E-state index in [0.717, 1.165) is 42.6 Å². The van der Waals surface area contributed by atoms with Crippen LogP contribution in [0.4, 0.5) is 5.69 Å². The molecule has 1 aromatic carbocycles. The molecule has 0 saturated carbocycles. The molecule has 0 N–H and O–H groups in total. The van der Waals surface area contributed by atoms with Gasteiger partial charge >= 0.3 is 5.97 Å². The molecule has 1 fully saturated rings. The number of esters is 1. The molecule has 0 aliphatic carbocycles. The highest BCUT2D eigenvalue weighted by molar-refractivity contribution is 6.05. The quantitative estimate of drug-likeness (QED) is 0.812. The van der Waals surface area contributed by atoms with Gasteiger partial charge in [0.1, 0.15) is 5.56 Å². The molecule has 0 unspecified atom stereocenters. The molecule has 0 bridgehead atoms. The summed E-state index contributed by atoms with van der Waals surface area (Å²) in [4.78, 5) is 19.0. The molecule has 1 aliphatic heterocycles. The second-order valence-corrected chi connectivity index (χ2v) is 5.71. The number of fused-ring (bicyclic) bond motifs is 1. The molecule has 1 aliphatic rings. The van der Waals surface area contributed by atoms with Gasteiger partial charge in [0.05, 0.1) is 17.8 Å². The first kappa shape index (κ1) is 15.7. The molecule has 0 atom stereocenters. The number of carbonyl (C=O) groups excluding carboxylic acids is 1. The standard InChI is InChI=1S/C18H22N2O3/c1-3-23-18(21)15-12-19-16-7-5-4-6-14(16)17(15)20(2)13-8-10-22-11-9-13/h4-7,12-13H,3,8-11H2,1-2H3. The third kappa shape index (κ3) is 3.15. The first-order chi connectivity index (χ1) is 11.2. The minimum atomic E-state index is -0.320. The Morgan fingerprint density at radius 3 is 2.83 bits per heavy atom. The summed E-state index contributed by atoms with van der Waals surface area (Å²) in [5.74, 6) is -0.320. The summed E-state index contributed by atoms with van der Waals surface area (Å²) in [5, 5.41) is 0.979. The smallest absolute Gasteiger partial charge is 0.341 e. The number of hydrogen-bond donors (Lipinski definition) is 0. The van der Waals surface area contributed by atoms with Crippen LogP contribution in [0.1, 0.15) is 30.1 Å². The zero-order chi connectivity index (χ0) is 16.2. The van der Waals surface area contributed by atoms with E-state index in [4.69, 9.17) is 9.47 Å². The lowest BCUT2D eigenvalue weighted by atomic mass is 10.0. The maximum Gasteiger partial charge on any atom is 0.341 e. The number of aromatic nitrogens is 1. The van der Waals surface area contributed by atoms with E-state index >= 15 is 0 Å². The van der Waals surface area contributed by atoms with Gasteiger partial charge in [-0.05, 0) is 25.8 Å². The maximum atomic E-state index is 12.4. The van der Waals surface area contributed by atoms with Crippen LogP contribution in [0.2, 0.25) is 0 Å². The molecule has 2 aromatic rings. The van der Waals surface area contributed by atoms with Gasteiger partial charge in [-0.25, -0.2) is 4.79 Å². The fourth-order valence-corrected chi connectivity index (χ4v) is 3.12. The number of hydrogen-bond acceptors (Lipinski definition) is 5. The van der Waals surface area contributed by atoms with Gasteiger partial charge in [-0.1, -0.05) is 18.2 Å². The van der Waals surface area contributed by atoms with E-state index in [1.165, 1.54) is 0 Å². The number of ether oxygens (including phenoxy) is 2. The van der Waals surface area contributed by atoms with Crippen molar-refractivity contribution in [1.29, 1.82) is 0 Å². The minimum absolute atomic E-state index is 0.320. The summed E-state index contributed by atoms with van der Waals surface area (Å²) in [7, 11) is 2.04. The molecule has 0 spiro atoms. The average Bonchev–Trinajstić information content (AvgIpc) is 2.61. The van der Waals surface area contributed by atoms with Crippen LogP contribution >= 0.6 is 0 Å². The van der Waals surface area contributed by atoms with Gasteiger partial charge in [-0.3, -0.25) is 4.98 Å². The Bertz CT molecular complexity index is 696. The lowest BCUT2D eigenvalue weighted by Crippen LogP contribution is -2.37. The van der Waals surface area contributed by atoms with Gasteiger partial charge in [0.2, 0.25) is 0 Å². The summed E-state index contributed by atoms with van der Waals surface area (Å²) in [6.07, 6.45) is 3.54. The maximum absolute atomic E-state index is 12.4. The highest BCUT2D eigenvalue weighted by atomic mass is 16.5. The fourth-order valence-electron chi connectivity index (χ4n) is 3.12. The molecule has 3 rings (SSSR count). The van der Waals surface area contributed by atoms with Crippen molar-refractivity contribution in [3.63, 3.8) is 0 Å². The zero-order valence-corrected chi connectivity index (χ0v) is 13.6. The van der Waals surface area contributed by atoms with E-state index in [-0.39, 0.29) is 5.97 Å². The van der Waals surface area contributed by atoms with Crippen LogP contribution in [0, 0.1) is 0 Å². The number of para-hydroxylation sites is 1. The fraction of sp³-hybridized carbons (Fsp3) is 0.444. The first-order valence-electron chi connectivity index (χ1n) is 8.07. The molecule has 0 radical (unpaired) electrons. The molecular formula is C18H22N2O3. The first-order valence-corrected chi connectivity index (χ1v) is 8.07. The van der Waals surface area contributed by atoms with Crippen molar-refractivity contribution in [3.8, 4) is 0 Å². The van der Waals surface area contributed by atoms with Crippen molar-refractivity contribution >= 4 is 22.6 Å². The highest BCUT2D eigenvalue weighted by Gasteiger charge is 2.25. The average molecular weight is 314 g/mol. The van der Waals surface area contributed by atoms with Gasteiger partial charge in [-0.15, -0.1) is 0 Å². The largest absolute Gasteiger partial charge is 0.462 e. The van der Waals surface area contributed by atoms with E-state index in [1.807, 2.05) is 38.2 Å². The van der Waals surface area contributed by atoms with Crippen LogP contribution in [-0.2, 0) is 9.47 Å². The van der Waals surface area contributed by atoms with Gasteiger partial charge < -0.3 is 14.4 Å². The van der Waals surface area contributed by atoms with E-state index in [9.17, 15) is 4.79 Å². The Kier molecular flexibility index (Phi) is 4.76. The molecule has 122 valence electrons. The number of benzene rings is 1. The van der Waals surface area contributed by atoms with Gasteiger partial charge in [0.25, 0.3) is 0 Å². The van der Waals surface area contributed by atoms with Crippen LogP contribution < -0.4 is 4.90 Å². The van der Waals surface area contributed by atoms with Crippen LogP contribution in [-0.4, -0.2) is 43.9 Å². The van der Waals surface area contributed by atoms with Crippen molar-refractivity contribution in [2.75, 3.05) is 31.8 Å². The number of anilines is 1. The topological polar surface area (TPSA) is 51.7 Å². The highest BCUT2D eigenvalue weighted by Crippen LogP contribution is 2.32. The Morgan fingerprint density at radius 1 is 1.35 bits per heavy atom. The molecule has 1 aromatic heterocycles. The predicted molar refractivity (Wildman–Crippen MR) is 89.9 cm³/mol. The van der Waals surface area contributed by atoms with Crippen LogP contribution in [0.25, 0.3) is 10.9 Å². The van der Waals surface area contributed by atoms with E-state index in [1.54, 1.807) is 6.20 Å². The number of pyridine rings is 1. The molecule has 23 heavy (non-hydrogen) atoms. The third-order valence-corrected chi connectivity index (χ3v) is 4.33. The SMILES string of the molecule is CCOC(=O)c1cnc2ccccc2c1N(C)C1CCOCC1. The Labute approximate surface area is 136 Å². The van der Waals surface area contributed by atoms with E-state index in [2.05, 4.69) is 9.88 Å². The van der Waals surface area contributed by atoms with Crippen molar-refractivity contribution in [2.24, 2.45) is 0 Å². The molecule has 5 heteroatoms. The van der Waals surface area contributed by atoms with Crippen molar-refractivity contribution < 1.29 is 14.3 Å². The summed E-state index contributed by atoms with van der Waals surface area (Å²) >= 11 is 0. The Balaban J connectivity index is 2.09. The third-order valence-electron chi connectivity index (χ3n) is 4.33. The lowest BCUT2D eigenvalue weighted by Gasteiger charge is -2.34. The van der Waals surface area contributed by atoms with Gasteiger partial charge in [0, 0.05) is 37.9 Å². The monoisotopic (exact) mass is 314 g/mol. The Morgan fingerprint density at radius 2 is 2.09 bits per heavy atom. The molecule has 2 heterocycles. The second kappa shape index (κ2) is 6.96. The predicted octanol–water partition coefficient (Wildman–Crippen LogP) is 3.03. The van der Waals surface area contributed by atoms with Gasteiger partial charge in [0.15, 0.2) is 0 Å². The Hall–Kier alpha value is -2.14. The van der Waals surface area contributed by atoms with Crippen molar-refractivity contribution in [1.82, 2.24) is 4.98 Å². The summed E-state index contributed by atoms with van der Waals surface area (Å²) in [6.45, 7) is 3.68. The summed E-state index contributed by atoms with van der Waals surface area (Å²) in [6, 6.07) is 8.25. The van der Waals surface area contributed by atoms with Crippen LogP contribution in [0.15, 0.2) is 30.5 Å². The van der Waals surface area contributed by atoms with E-state index < -0.39 is 0 Å². The van der Waals surface area contributed by atoms with Crippen molar-refractivity contribution in [3.05, 3.63) is 36.0 Å². The van der Waals surface area contributed by atoms with E-state index in [0.29, 0.717) is 18.2 Å². The number of rotatable bonds is 4. The normalized spacial score (nSPS) is 15.6. The molecule has 1 saturated heterocycles. The summed E-state index contributed by atoms with van der Waals surface area (Å²) < 4.78 is 10.7. The second-order valence-electron chi connectivity index (χ2n) is 5.71. The number of carbonyl (C=O) groups is 1.